The Morgan fingerprint density at radius 3 is 2.47 bits per heavy atom. The molecule has 4 heteroatoms. The van der Waals surface area contributed by atoms with Gasteiger partial charge in [0.15, 0.2) is 0 Å². The zero-order valence-corrected chi connectivity index (χ0v) is 10.2. The van der Waals surface area contributed by atoms with E-state index in [4.69, 9.17) is 0 Å². The first kappa shape index (κ1) is 11.8. The Morgan fingerprint density at radius 1 is 1.18 bits per heavy atom. The molecule has 0 bridgehead atoms. The number of nitrogens with zero attached hydrogens (tertiary/aromatic N) is 2. The SMILES string of the molecule is CC(C)(C)c1ncnc2cc(O)c(CO)cc12. The molecule has 4 nitrogen and oxygen atoms in total. The van der Waals surface area contributed by atoms with Crippen LogP contribution in [-0.4, -0.2) is 20.2 Å². The van der Waals surface area contributed by atoms with E-state index in [-0.39, 0.29) is 17.8 Å². The maximum absolute atomic E-state index is 9.68. The Labute approximate surface area is 100.0 Å². The summed E-state index contributed by atoms with van der Waals surface area (Å²) in [4.78, 5) is 8.45. The van der Waals surface area contributed by atoms with E-state index in [9.17, 15) is 10.2 Å². The molecule has 0 spiro atoms. The molecule has 1 aromatic carbocycles. The minimum absolute atomic E-state index is 0.0681. The van der Waals surface area contributed by atoms with Crippen molar-refractivity contribution in [2.24, 2.45) is 0 Å². The van der Waals surface area contributed by atoms with Gasteiger partial charge in [0, 0.05) is 22.4 Å². The molecule has 0 atom stereocenters. The normalized spacial score (nSPS) is 12.0. The van der Waals surface area contributed by atoms with Gasteiger partial charge in [-0.2, -0.15) is 0 Å². The molecule has 2 rings (SSSR count). The maximum Gasteiger partial charge on any atom is 0.123 e. The second-order valence-corrected chi connectivity index (χ2v) is 5.13. The van der Waals surface area contributed by atoms with Crippen LogP contribution in [0.15, 0.2) is 18.5 Å². The molecular weight excluding hydrogens is 216 g/mol. The fraction of sp³-hybridized carbons (Fsp3) is 0.385. The Morgan fingerprint density at radius 2 is 1.88 bits per heavy atom. The predicted molar refractivity (Wildman–Crippen MR) is 65.8 cm³/mol. The lowest BCUT2D eigenvalue weighted by Crippen LogP contribution is -2.14. The lowest BCUT2D eigenvalue weighted by molar-refractivity contribution is 0.276. The van der Waals surface area contributed by atoms with Gasteiger partial charge in [0.2, 0.25) is 0 Å². The molecule has 0 saturated carbocycles. The van der Waals surface area contributed by atoms with E-state index in [2.05, 4.69) is 30.7 Å². The number of aromatic nitrogens is 2. The van der Waals surface area contributed by atoms with E-state index in [0.29, 0.717) is 11.1 Å². The molecule has 90 valence electrons. The van der Waals surface area contributed by atoms with E-state index in [0.717, 1.165) is 11.1 Å². The molecule has 0 aliphatic carbocycles. The van der Waals surface area contributed by atoms with Crippen molar-refractivity contribution in [2.75, 3.05) is 0 Å². The van der Waals surface area contributed by atoms with Crippen LogP contribution in [0.4, 0.5) is 0 Å². The van der Waals surface area contributed by atoms with Crippen molar-refractivity contribution in [1.29, 1.82) is 0 Å². The third-order valence-corrected chi connectivity index (χ3v) is 2.72. The van der Waals surface area contributed by atoms with Gasteiger partial charge in [-0.25, -0.2) is 9.97 Å². The van der Waals surface area contributed by atoms with Gasteiger partial charge < -0.3 is 10.2 Å². The second kappa shape index (κ2) is 3.96. The van der Waals surface area contributed by atoms with Crippen LogP contribution in [0.3, 0.4) is 0 Å². The average molecular weight is 232 g/mol. The van der Waals surface area contributed by atoms with Crippen molar-refractivity contribution in [2.45, 2.75) is 32.8 Å². The standard InChI is InChI=1S/C13H16N2O2/c1-13(2,3)12-9-4-8(6-16)11(17)5-10(9)14-7-15-12/h4-5,7,16-17H,6H2,1-3H3. The van der Waals surface area contributed by atoms with Crippen LogP contribution in [0.1, 0.15) is 32.0 Å². The van der Waals surface area contributed by atoms with Gasteiger partial charge in [-0.1, -0.05) is 20.8 Å². The zero-order chi connectivity index (χ0) is 12.6. The Kier molecular flexibility index (Phi) is 2.75. The molecule has 0 aliphatic rings. The molecule has 2 N–H and O–H groups in total. The Bertz CT molecular complexity index is 559. The molecule has 0 fully saturated rings. The molecule has 0 aliphatic heterocycles. The summed E-state index contributed by atoms with van der Waals surface area (Å²) in [5, 5.41) is 19.7. The van der Waals surface area contributed by atoms with Gasteiger partial charge in [0.05, 0.1) is 17.8 Å². The first-order chi connectivity index (χ1) is 7.93. The van der Waals surface area contributed by atoms with Crippen molar-refractivity contribution in [1.82, 2.24) is 9.97 Å². The quantitative estimate of drug-likeness (QED) is 0.790. The molecule has 0 radical (unpaired) electrons. The molecule has 0 unspecified atom stereocenters. The molecule has 17 heavy (non-hydrogen) atoms. The number of phenols is 1. The number of aromatic hydroxyl groups is 1. The van der Waals surface area contributed by atoms with Crippen molar-refractivity contribution in [3.63, 3.8) is 0 Å². The van der Waals surface area contributed by atoms with Crippen molar-refractivity contribution >= 4 is 10.9 Å². The average Bonchev–Trinajstić information content (AvgIpc) is 2.25. The highest BCUT2D eigenvalue weighted by molar-refractivity contribution is 5.84. The number of benzene rings is 1. The van der Waals surface area contributed by atoms with Crippen LogP contribution < -0.4 is 0 Å². The molecule has 1 aromatic heterocycles. The largest absolute Gasteiger partial charge is 0.508 e. The lowest BCUT2D eigenvalue weighted by Gasteiger charge is -2.19. The van der Waals surface area contributed by atoms with Crippen molar-refractivity contribution < 1.29 is 10.2 Å². The number of hydrogen-bond acceptors (Lipinski definition) is 4. The van der Waals surface area contributed by atoms with E-state index >= 15 is 0 Å². The predicted octanol–water partition coefficient (Wildman–Crippen LogP) is 2.13. The zero-order valence-electron chi connectivity index (χ0n) is 10.2. The number of aliphatic hydroxyl groups excluding tert-OH is 1. The third-order valence-electron chi connectivity index (χ3n) is 2.72. The highest BCUT2D eigenvalue weighted by Crippen LogP contribution is 2.30. The van der Waals surface area contributed by atoms with Crippen LogP contribution in [0, 0.1) is 0 Å². The van der Waals surface area contributed by atoms with E-state index in [1.54, 1.807) is 12.1 Å². The van der Waals surface area contributed by atoms with E-state index in [1.807, 2.05) is 0 Å². The van der Waals surface area contributed by atoms with Crippen LogP contribution in [0.25, 0.3) is 10.9 Å². The van der Waals surface area contributed by atoms with Gasteiger partial charge in [-0.05, 0) is 6.07 Å². The number of aliphatic hydroxyl groups is 1. The molecular formula is C13H16N2O2. The topological polar surface area (TPSA) is 66.2 Å². The first-order valence-electron chi connectivity index (χ1n) is 5.51. The highest BCUT2D eigenvalue weighted by atomic mass is 16.3. The van der Waals surface area contributed by atoms with Crippen molar-refractivity contribution in [3.05, 3.63) is 29.7 Å². The van der Waals surface area contributed by atoms with Crippen molar-refractivity contribution in [3.8, 4) is 5.75 Å². The third kappa shape index (κ3) is 2.08. The lowest BCUT2D eigenvalue weighted by atomic mass is 9.88. The molecule has 0 saturated heterocycles. The summed E-state index contributed by atoms with van der Waals surface area (Å²) in [5.74, 6) is 0.0681. The first-order valence-corrected chi connectivity index (χ1v) is 5.51. The van der Waals surface area contributed by atoms with Crippen LogP contribution in [0.2, 0.25) is 0 Å². The Hall–Kier alpha value is -1.68. The van der Waals surface area contributed by atoms with E-state index in [1.165, 1.54) is 6.33 Å². The second-order valence-electron chi connectivity index (χ2n) is 5.13. The van der Waals surface area contributed by atoms with Gasteiger partial charge in [0.25, 0.3) is 0 Å². The smallest absolute Gasteiger partial charge is 0.123 e. The number of fused-ring (bicyclic) bond motifs is 1. The summed E-state index contributed by atoms with van der Waals surface area (Å²) in [6.07, 6.45) is 1.50. The number of hydrogen-bond donors (Lipinski definition) is 2. The minimum atomic E-state index is -0.194. The van der Waals surface area contributed by atoms with Gasteiger partial charge in [0.1, 0.15) is 12.1 Å². The van der Waals surface area contributed by atoms with E-state index < -0.39 is 0 Å². The fourth-order valence-electron chi connectivity index (χ4n) is 1.86. The minimum Gasteiger partial charge on any atom is -0.508 e. The monoisotopic (exact) mass is 232 g/mol. The molecule has 1 heterocycles. The highest BCUT2D eigenvalue weighted by Gasteiger charge is 2.19. The summed E-state index contributed by atoms with van der Waals surface area (Å²) < 4.78 is 0. The number of rotatable bonds is 1. The van der Waals surface area contributed by atoms with Crippen LogP contribution in [0.5, 0.6) is 5.75 Å². The Balaban J connectivity index is 2.79. The molecule has 2 aromatic rings. The van der Waals surface area contributed by atoms with Gasteiger partial charge in [-0.3, -0.25) is 0 Å². The fourth-order valence-corrected chi connectivity index (χ4v) is 1.86. The van der Waals surface area contributed by atoms with Crippen LogP contribution >= 0.6 is 0 Å². The van der Waals surface area contributed by atoms with Crippen LogP contribution in [-0.2, 0) is 12.0 Å². The van der Waals surface area contributed by atoms with Gasteiger partial charge in [-0.15, -0.1) is 0 Å². The maximum atomic E-state index is 9.68. The van der Waals surface area contributed by atoms with Gasteiger partial charge >= 0.3 is 0 Å². The summed E-state index contributed by atoms with van der Waals surface area (Å²) >= 11 is 0. The molecule has 0 amide bonds. The summed E-state index contributed by atoms with van der Waals surface area (Å²) in [7, 11) is 0. The summed E-state index contributed by atoms with van der Waals surface area (Å²) in [6, 6.07) is 3.32. The summed E-state index contributed by atoms with van der Waals surface area (Å²) in [6.45, 7) is 6.01. The summed E-state index contributed by atoms with van der Waals surface area (Å²) in [5.41, 5.74) is 2.00.